The summed E-state index contributed by atoms with van der Waals surface area (Å²) in [6.07, 6.45) is 3.60. The first-order valence-electron chi connectivity index (χ1n) is 5.91. The van der Waals surface area contributed by atoms with E-state index in [9.17, 15) is 0 Å². The smallest absolute Gasteiger partial charge is 0.0860 e. The van der Waals surface area contributed by atoms with E-state index < -0.39 is 0 Å². The highest BCUT2D eigenvalue weighted by Gasteiger charge is 2.12. The van der Waals surface area contributed by atoms with Gasteiger partial charge < -0.3 is 5.32 Å². The van der Waals surface area contributed by atoms with Crippen LogP contribution in [0.4, 0.5) is 0 Å². The number of hydrogen-bond acceptors (Lipinski definition) is 3. The van der Waals surface area contributed by atoms with Crippen LogP contribution in [0.25, 0.3) is 0 Å². The molecule has 0 amide bonds. The van der Waals surface area contributed by atoms with Gasteiger partial charge in [0.05, 0.1) is 16.4 Å². The maximum absolute atomic E-state index is 6.21. The maximum atomic E-state index is 6.21. The van der Waals surface area contributed by atoms with Gasteiger partial charge in [-0.1, -0.05) is 11.6 Å². The second-order valence-corrected chi connectivity index (χ2v) is 4.73. The third-order valence-electron chi connectivity index (χ3n) is 3.04. The minimum Gasteiger partial charge on any atom is -0.305 e. The summed E-state index contributed by atoms with van der Waals surface area (Å²) in [6, 6.07) is 4.26. The quantitative estimate of drug-likeness (QED) is 0.923. The fraction of sp³-hybridized carbons (Fsp3) is 0.385. The zero-order chi connectivity index (χ0) is 13.1. The topological polar surface area (TPSA) is 42.7 Å². The third-order valence-corrected chi connectivity index (χ3v) is 3.54. The summed E-state index contributed by atoms with van der Waals surface area (Å²) in [4.78, 5) is 4.01. The Bertz CT molecular complexity index is 521. The van der Waals surface area contributed by atoms with E-state index in [1.165, 1.54) is 5.56 Å². The first kappa shape index (κ1) is 13.1. The normalized spacial score (nSPS) is 12.7. The summed E-state index contributed by atoms with van der Waals surface area (Å²) in [7, 11) is 1.91. The van der Waals surface area contributed by atoms with Crippen LogP contribution in [-0.4, -0.2) is 14.8 Å². The van der Waals surface area contributed by atoms with E-state index in [0.717, 1.165) is 16.4 Å². The molecule has 0 aliphatic heterocycles. The van der Waals surface area contributed by atoms with Gasteiger partial charge >= 0.3 is 0 Å². The van der Waals surface area contributed by atoms with Gasteiger partial charge in [0.1, 0.15) is 0 Å². The van der Waals surface area contributed by atoms with Crippen molar-refractivity contribution in [2.75, 3.05) is 0 Å². The number of nitrogens with zero attached hydrogens (tertiary/aromatic N) is 3. The second kappa shape index (κ2) is 5.50. The van der Waals surface area contributed by atoms with Crippen LogP contribution in [-0.2, 0) is 13.6 Å². The Labute approximate surface area is 112 Å². The molecule has 1 N–H and O–H groups in total. The van der Waals surface area contributed by atoms with E-state index in [2.05, 4.69) is 22.3 Å². The van der Waals surface area contributed by atoms with Gasteiger partial charge in [-0.05, 0) is 31.5 Å². The average molecular weight is 265 g/mol. The van der Waals surface area contributed by atoms with Crippen molar-refractivity contribution in [1.29, 1.82) is 0 Å². The molecule has 0 bridgehead atoms. The lowest BCUT2D eigenvalue weighted by molar-refractivity contribution is 0.547. The van der Waals surface area contributed by atoms with E-state index >= 15 is 0 Å². The summed E-state index contributed by atoms with van der Waals surface area (Å²) in [5.41, 5.74) is 3.09. The summed E-state index contributed by atoms with van der Waals surface area (Å²) in [5.74, 6) is 0. The van der Waals surface area contributed by atoms with Gasteiger partial charge in [-0.3, -0.25) is 9.67 Å². The minimum atomic E-state index is 0.249. The Morgan fingerprint density at radius 1 is 1.39 bits per heavy atom. The number of halogens is 1. The maximum Gasteiger partial charge on any atom is 0.0860 e. The van der Waals surface area contributed by atoms with E-state index in [0.29, 0.717) is 6.54 Å². The van der Waals surface area contributed by atoms with Crippen LogP contribution >= 0.6 is 11.6 Å². The number of rotatable bonds is 4. The number of aromatic nitrogens is 3. The van der Waals surface area contributed by atoms with Crippen molar-refractivity contribution in [2.24, 2.45) is 7.05 Å². The fourth-order valence-corrected chi connectivity index (χ4v) is 2.12. The SMILES string of the molecule is Cc1nn(C)c(CNC(C)c2ccncc2)c1Cl. The molecule has 5 heteroatoms. The molecule has 1 atom stereocenters. The number of aryl methyl sites for hydroxylation is 2. The monoisotopic (exact) mass is 264 g/mol. The van der Waals surface area contributed by atoms with Crippen molar-refractivity contribution in [2.45, 2.75) is 26.4 Å². The third kappa shape index (κ3) is 2.71. The van der Waals surface area contributed by atoms with Gasteiger partial charge in [-0.25, -0.2) is 0 Å². The van der Waals surface area contributed by atoms with E-state index in [1.54, 1.807) is 12.4 Å². The molecule has 0 fully saturated rings. The first-order chi connectivity index (χ1) is 8.59. The highest BCUT2D eigenvalue weighted by molar-refractivity contribution is 6.31. The van der Waals surface area contributed by atoms with Crippen molar-refractivity contribution in [1.82, 2.24) is 20.1 Å². The molecule has 2 heterocycles. The zero-order valence-electron chi connectivity index (χ0n) is 10.8. The minimum absolute atomic E-state index is 0.249. The molecule has 4 nitrogen and oxygen atoms in total. The molecule has 2 aromatic rings. The molecule has 0 aromatic carbocycles. The molecule has 0 spiro atoms. The van der Waals surface area contributed by atoms with Crippen LogP contribution in [0.2, 0.25) is 5.02 Å². The Morgan fingerprint density at radius 3 is 2.61 bits per heavy atom. The molecule has 0 aliphatic carbocycles. The van der Waals surface area contributed by atoms with Crippen LogP contribution in [0.15, 0.2) is 24.5 Å². The van der Waals surface area contributed by atoms with Gasteiger partial charge in [0.2, 0.25) is 0 Å². The molecule has 0 aliphatic rings. The number of pyridine rings is 1. The summed E-state index contributed by atoms with van der Waals surface area (Å²) < 4.78 is 1.82. The van der Waals surface area contributed by atoms with Gasteiger partial charge in [0.15, 0.2) is 0 Å². The molecule has 0 radical (unpaired) electrons. The van der Waals surface area contributed by atoms with Crippen LogP contribution in [0.3, 0.4) is 0 Å². The Morgan fingerprint density at radius 2 is 2.06 bits per heavy atom. The lowest BCUT2D eigenvalue weighted by Gasteiger charge is -2.14. The molecule has 0 saturated heterocycles. The largest absolute Gasteiger partial charge is 0.305 e. The van der Waals surface area contributed by atoms with Crippen LogP contribution in [0.5, 0.6) is 0 Å². The van der Waals surface area contributed by atoms with Crippen molar-refractivity contribution in [3.63, 3.8) is 0 Å². The zero-order valence-corrected chi connectivity index (χ0v) is 11.6. The van der Waals surface area contributed by atoms with Crippen LogP contribution in [0, 0.1) is 6.92 Å². The number of nitrogens with one attached hydrogen (secondary N) is 1. The van der Waals surface area contributed by atoms with E-state index in [-0.39, 0.29) is 6.04 Å². The van der Waals surface area contributed by atoms with E-state index in [1.807, 2.05) is 30.8 Å². The van der Waals surface area contributed by atoms with Crippen LogP contribution in [0.1, 0.15) is 29.9 Å². The van der Waals surface area contributed by atoms with Crippen molar-refractivity contribution in [3.8, 4) is 0 Å². The highest BCUT2D eigenvalue weighted by Crippen LogP contribution is 2.20. The molecule has 96 valence electrons. The average Bonchev–Trinajstić information content (AvgIpc) is 2.62. The van der Waals surface area contributed by atoms with Gasteiger partial charge in [0.25, 0.3) is 0 Å². The lowest BCUT2D eigenvalue weighted by atomic mass is 10.1. The summed E-state index contributed by atoms with van der Waals surface area (Å²) >= 11 is 6.21. The predicted molar refractivity (Wildman–Crippen MR) is 72.4 cm³/mol. The Kier molecular flexibility index (Phi) is 3.99. The molecule has 2 rings (SSSR count). The van der Waals surface area contributed by atoms with Gasteiger partial charge in [-0.15, -0.1) is 0 Å². The molecular formula is C13H17ClN4. The molecular weight excluding hydrogens is 248 g/mol. The molecule has 18 heavy (non-hydrogen) atoms. The lowest BCUT2D eigenvalue weighted by Crippen LogP contribution is -2.20. The van der Waals surface area contributed by atoms with Gasteiger partial charge in [0, 0.05) is 32.0 Å². The Balaban J connectivity index is 2.04. The van der Waals surface area contributed by atoms with Crippen molar-refractivity contribution >= 4 is 11.6 Å². The standard InChI is InChI=1S/C13H17ClN4/c1-9(11-4-6-15-7-5-11)16-8-12-13(14)10(2)17-18(12)3/h4-7,9,16H,8H2,1-3H3. The van der Waals surface area contributed by atoms with Crippen molar-refractivity contribution < 1.29 is 0 Å². The molecule has 2 aromatic heterocycles. The summed E-state index contributed by atoms with van der Waals surface area (Å²) in [6.45, 7) is 4.73. The Hall–Kier alpha value is -1.39. The highest BCUT2D eigenvalue weighted by atomic mass is 35.5. The van der Waals surface area contributed by atoms with E-state index in [4.69, 9.17) is 11.6 Å². The second-order valence-electron chi connectivity index (χ2n) is 4.35. The van der Waals surface area contributed by atoms with Crippen LogP contribution < -0.4 is 5.32 Å². The predicted octanol–water partition coefficient (Wildman–Crippen LogP) is 2.63. The van der Waals surface area contributed by atoms with Crippen molar-refractivity contribution in [3.05, 3.63) is 46.5 Å². The summed E-state index contributed by atoms with van der Waals surface area (Å²) in [5, 5.41) is 8.48. The fourth-order valence-electron chi connectivity index (χ4n) is 1.89. The van der Waals surface area contributed by atoms with Gasteiger partial charge in [-0.2, -0.15) is 5.10 Å². The molecule has 1 unspecified atom stereocenters. The molecule has 0 saturated carbocycles. The first-order valence-corrected chi connectivity index (χ1v) is 6.28. The number of hydrogen-bond donors (Lipinski definition) is 1.